The van der Waals surface area contributed by atoms with Crippen LogP contribution in [0.1, 0.15) is 42.0 Å². The SMILES string of the molecule is Cc1cc(S(C)(=O)=O)cc2c3c(n(CC4=CC=C(Cl)C=CC4)c12)C(CC(=O)O)CC3. The van der Waals surface area contributed by atoms with Gasteiger partial charge in [-0.2, -0.15) is 0 Å². The van der Waals surface area contributed by atoms with E-state index in [0.717, 1.165) is 52.6 Å². The van der Waals surface area contributed by atoms with Crippen LogP contribution >= 0.6 is 11.6 Å². The highest BCUT2D eigenvalue weighted by Crippen LogP contribution is 2.44. The second-order valence-corrected chi connectivity index (χ2v) is 10.6. The first-order valence-electron chi connectivity index (χ1n) is 9.94. The number of rotatable bonds is 5. The molecule has 30 heavy (non-hydrogen) atoms. The summed E-state index contributed by atoms with van der Waals surface area (Å²) >= 11 is 6.12. The van der Waals surface area contributed by atoms with Crippen LogP contribution in [0.25, 0.3) is 10.9 Å². The first kappa shape index (κ1) is 20.9. The number of benzene rings is 1. The number of sulfone groups is 1. The van der Waals surface area contributed by atoms with Crippen molar-refractivity contribution in [3.8, 4) is 0 Å². The first-order chi connectivity index (χ1) is 14.1. The van der Waals surface area contributed by atoms with Crippen LogP contribution in [0, 0.1) is 6.92 Å². The van der Waals surface area contributed by atoms with Gasteiger partial charge >= 0.3 is 5.97 Å². The van der Waals surface area contributed by atoms with E-state index in [0.29, 0.717) is 16.5 Å². The number of allylic oxidation sites excluding steroid dienone is 6. The van der Waals surface area contributed by atoms with Gasteiger partial charge in [0.25, 0.3) is 0 Å². The number of hydrogen-bond donors (Lipinski definition) is 1. The van der Waals surface area contributed by atoms with Gasteiger partial charge in [0.05, 0.1) is 16.8 Å². The Labute approximate surface area is 181 Å². The molecule has 1 aromatic carbocycles. The second-order valence-electron chi connectivity index (χ2n) is 8.17. The highest BCUT2D eigenvalue weighted by atomic mass is 35.5. The van der Waals surface area contributed by atoms with E-state index in [9.17, 15) is 18.3 Å². The molecule has 2 aliphatic carbocycles. The van der Waals surface area contributed by atoms with Crippen molar-refractivity contribution >= 4 is 38.3 Å². The highest BCUT2D eigenvalue weighted by molar-refractivity contribution is 7.90. The predicted octanol–water partition coefficient (Wildman–Crippen LogP) is 4.87. The number of aryl methyl sites for hydroxylation is 2. The van der Waals surface area contributed by atoms with E-state index in [-0.39, 0.29) is 12.3 Å². The van der Waals surface area contributed by atoms with Crippen LogP contribution in [0.5, 0.6) is 0 Å². The summed E-state index contributed by atoms with van der Waals surface area (Å²) in [6, 6.07) is 3.47. The fourth-order valence-electron chi connectivity index (χ4n) is 4.69. The summed E-state index contributed by atoms with van der Waals surface area (Å²) in [5, 5.41) is 11.0. The molecule has 0 fully saturated rings. The molecular weight excluding hydrogens is 422 g/mol. The van der Waals surface area contributed by atoms with Gasteiger partial charge in [0.1, 0.15) is 0 Å². The lowest BCUT2D eigenvalue weighted by Gasteiger charge is -2.17. The maximum Gasteiger partial charge on any atom is 0.304 e. The maximum absolute atomic E-state index is 12.2. The van der Waals surface area contributed by atoms with E-state index < -0.39 is 15.8 Å². The molecule has 1 atom stereocenters. The van der Waals surface area contributed by atoms with Crippen molar-refractivity contribution in [1.29, 1.82) is 0 Å². The number of carboxylic acid groups (broad SMARTS) is 1. The van der Waals surface area contributed by atoms with E-state index in [1.54, 1.807) is 12.1 Å². The minimum Gasteiger partial charge on any atom is -0.481 e. The smallest absolute Gasteiger partial charge is 0.304 e. The molecule has 0 saturated carbocycles. The van der Waals surface area contributed by atoms with E-state index >= 15 is 0 Å². The molecule has 7 heteroatoms. The van der Waals surface area contributed by atoms with Gasteiger partial charge in [-0.05, 0) is 67.2 Å². The third kappa shape index (κ3) is 3.86. The molecule has 1 aromatic heterocycles. The molecule has 1 heterocycles. The average molecular weight is 446 g/mol. The van der Waals surface area contributed by atoms with Crippen molar-refractivity contribution in [2.75, 3.05) is 6.26 Å². The molecular formula is C23H24ClNO4S. The van der Waals surface area contributed by atoms with Crippen LogP contribution in [-0.2, 0) is 27.6 Å². The lowest BCUT2D eigenvalue weighted by molar-refractivity contribution is -0.137. The Morgan fingerprint density at radius 2 is 2.07 bits per heavy atom. The van der Waals surface area contributed by atoms with Gasteiger partial charge < -0.3 is 9.67 Å². The quantitative estimate of drug-likeness (QED) is 0.712. The standard InChI is InChI=1S/C23H24ClNO4S/c1-14-10-18(30(2,28)29)12-20-19-9-7-16(11-21(26)27)23(19)25(22(14)20)13-15-4-3-5-17(24)8-6-15/h3,5-6,8,10,12,16H,4,7,9,11,13H2,1-2H3,(H,26,27). The predicted molar refractivity (Wildman–Crippen MR) is 119 cm³/mol. The topological polar surface area (TPSA) is 76.4 Å². The number of halogens is 1. The summed E-state index contributed by atoms with van der Waals surface area (Å²) in [6.45, 7) is 2.54. The largest absolute Gasteiger partial charge is 0.481 e. The lowest BCUT2D eigenvalue weighted by atomic mass is 10.0. The summed E-state index contributed by atoms with van der Waals surface area (Å²) in [5.41, 5.74) is 5.16. The van der Waals surface area contributed by atoms with Gasteiger partial charge in [-0.1, -0.05) is 23.8 Å². The Morgan fingerprint density at radius 1 is 1.30 bits per heavy atom. The zero-order chi connectivity index (χ0) is 21.6. The average Bonchev–Trinajstić information content (AvgIpc) is 3.10. The van der Waals surface area contributed by atoms with Gasteiger partial charge in [-0.15, -0.1) is 0 Å². The molecule has 0 radical (unpaired) electrons. The molecule has 1 unspecified atom stereocenters. The minimum absolute atomic E-state index is 0.0754. The number of hydrogen-bond acceptors (Lipinski definition) is 3. The summed E-state index contributed by atoms with van der Waals surface area (Å²) in [4.78, 5) is 11.8. The zero-order valence-electron chi connectivity index (χ0n) is 17.0. The fraction of sp³-hybridized carbons (Fsp3) is 0.348. The zero-order valence-corrected chi connectivity index (χ0v) is 18.6. The van der Waals surface area contributed by atoms with Crippen molar-refractivity contribution in [2.45, 2.75) is 50.0 Å². The Hall–Kier alpha value is -2.31. The molecule has 4 rings (SSSR count). The Balaban J connectivity index is 1.93. The van der Waals surface area contributed by atoms with E-state index in [4.69, 9.17) is 11.6 Å². The summed E-state index contributed by atoms with van der Waals surface area (Å²) < 4.78 is 26.6. The van der Waals surface area contributed by atoms with Crippen LogP contribution in [-0.4, -0.2) is 30.3 Å². The van der Waals surface area contributed by atoms with E-state index in [2.05, 4.69) is 4.57 Å². The number of nitrogens with zero attached hydrogens (tertiary/aromatic N) is 1. The van der Waals surface area contributed by atoms with Gasteiger partial charge in [0.15, 0.2) is 9.84 Å². The van der Waals surface area contributed by atoms with Gasteiger partial charge in [0.2, 0.25) is 0 Å². The van der Waals surface area contributed by atoms with Crippen molar-refractivity contribution in [2.24, 2.45) is 0 Å². The minimum atomic E-state index is -3.34. The van der Waals surface area contributed by atoms with Crippen molar-refractivity contribution in [3.05, 3.63) is 63.9 Å². The molecule has 0 bridgehead atoms. The number of aliphatic carboxylic acids is 1. The number of aromatic nitrogens is 1. The normalized spacial score (nSPS) is 18.8. The van der Waals surface area contributed by atoms with Crippen LogP contribution in [0.4, 0.5) is 0 Å². The van der Waals surface area contributed by atoms with E-state index in [1.807, 2.05) is 31.2 Å². The molecule has 5 nitrogen and oxygen atoms in total. The molecule has 1 N–H and O–H groups in total. The van der Waals surface area contributed by atoms with E-state index in [1.165, 1.54) is 6.26 Å². The summed E-state index contributed by atoms with van der Waals surface area (Å²) in [7, 11) is -3.34. The lowest BCUT2D eigenvalue weighted by Crippen LogP contribution is -2.11. The maximum atomic E-state index is 12.2. The molecule has 2 aliphatic rings. The summed E-state index contributed by atoms with van der Waals surface area (Å²) in [6.07, 6.45) is 11.4. The van der Waals surface area contributed by atoms with Crippen molar-refractivity contribution in [3.63, 3.8) is 0 Å². The molecule has 0 saturated heterocycles. The number of carboxylic acids is 1. The third-order valence-electron chi connectivity index (χ3n) is 5.94. The molecule has 158 valence electrons. The molecule has 2 aromatic rings. The Kier molecular flexibility index (Phi) is 5.41. The van der Waals surface area contributed by atoms with Gasteiger partial charge in [-0.3, -0.25) is 4.79 Å². The van der Waals surface area contributed by atoms with Crippen LogP contribution in [0.2, 0.25) is 0 Å². The van der Waals surface area contributed by atoms with Crippen molar-refractivity contribution < 1.29 is 18.3 Å². The molecule has 0 amide bonds. The van der Waals surface area contributed by atoms with Gasteiger partial charge in [0, 0.05) is 34.8 Å². The van der Waals surface area contributed by atoms with Crippen LogP contribution < -0.4 is 0 Å². The molecule has 0 aliphatic heterocycles. The monoisotopic (exact) mass is 445 g/mol. The second kappa shape index (κ2) is 7.75. The van der Waals surface area contributed by atoms with Crippen LogP contribution in [0.15, 0.2) is 51.9 Å². The highest BCUT2D eigenvalue weighted by Gasteiger charge is 2.32. The number of carbonyl (C=O) groups is 1. The van der Waals surface area contributed by atoms with Gasteiger partial charge in [-0.25, -0.2) is 8.42 Å². The first-order valence-corrected chi connectivity index (χ1v) is 12.2. The van der Waals surface area contributed by atoms with Crippen molar-refractivity contribution in [1.82, 2.24) is 4.57 Å². The number of fused-ring (bicyclic) bond motifs is 3. The Morgan fingerprint density at radius 3 is 2.77 bits per heavy atom. The van der Waals surface area contributed by atoms with Crippen LogP contribution in [0.3, 0.4) is 0 Å². The fourth-order valence-corrected chi connectivity index (χ4v) is 5.57. The third-order valence-corrected chi connectivity index (χ3v) is 7.29. The summed E-state index contributed by atoms with van der Waals surface area (Å²) in [5.74, 6) is -0.892. The Bertz CT molecular complexity index is 1250. The molecule has 0 spiro atoms.